The molecule has 0 N–H and O–H groups in total. The molecule has 0 aromatic heterocycles. The monoisotopic (exact) mass is 427 g/mol. The van der Waals surface area contributed by atoms with Crippen molar-refractivity contribution < 1.29 is 8.42 Å². The van der Waals surface area contributed by atoms with E-state index in [1.54, 1.807) is 0 Å². The molecule has 0 radical (unpaired) electrons. The molecular weight excluding hydrogens is 390 g/mol. The van der Waals surface area contributed by atoms with Crippen LogP contribution in [0.25, 0.3) is 0 Å². The van der Waals surface area contributed by atoms with Crippen molar-refractivity contribution in [3.63, 3.8) is 0 Å². The quantitative estimate of drug-likeness (QED) is 0.476. The Balaban J connectivity index is 2.19. The average Bonchev–Trinajstić information content (AvgIpc) is 2.65. The molecule has 0 aliphatic carbocycles. The van der Waals surface area contributed by atoms with Gasteiger partial charge in [-0.2, -0.15) is 0 Å². The van der Waals surface area contributed by atoms with E-state index in [2.05, 4.69) is 65.5 Å². The largest absolute Gasteiger partial charge is 0.339 e. The fraction of sp³-hybridized carbons (Fsp3) is 0.538. The van der Waals surface area contributed by atoms with Crippen LogP contribution in [0.4, 0.5) is 11.4 Å². The summed E-state index contributed by atoms with van der Waals surface area (Å²) in [6, 6.07) is 12.0. The van der Waals surface area contributed by atoms with E-state index in [1.807, 2.05) is 24.3 Å². The van der Waals surface area contributed by atoms with E-state index >= 15 is 0 Å². The lowest BCUT2D eigenvalue weighted by molar-refractivity contribution is 0.577. The van der Waals surface area contributed by atoms with Crippen LogP contribution in [0.2, 0.25) is 0 Å². The van der Waals surface area contributed by atoms with Gasteiger partial charge in [-0.05, 0) is 52.6 Å². The van der Waals surface area contributed by atoms with E-state index < -0.39 is 9.84 Å². The van der Waals surface area contributed by atoms with Crippen molar-refractivity contribution in [2.75, 3.05) is 11.4 Å². The molecule has 0 unspecified atom stereocenters. The highest BCUT2D eigenvalue weighted by Crippen LogP contribution is 2.46. The highest BCUT2D eigenvalue weighted by molar-refractivity contribution is 7.92. The van der Waals surface area contributed by atoms with Gasteiger partial charge in [-0.3, -0.25) is 0 Å². The van der Waals surface area contributed by atoms with Gasteiger partial charge < -0.3 is 4.90 Å². The second-order valence-corrected chi connectivity index (χ2v) is 12.5. The van der Waals surface area contributed by atoms with Gasteiger partial charge in [0, 0.05) is 6.54 Å². The first-order valence-electron chi connectivity index (χ1n) is 11.2. The summed E-state index contributed by atoms with van der Waals surface area (Å²) in [5.74, 6) is 0. The van der Waals surface area contributed by atoms with Gasteiger partial charge in [0.1, 0.15) is 0 Å². The molecule has 1 heterocycles. The highest BCUT2D eigenvalue weighted by atomic mass is 32.2. The standard InChI is InChI=1S/C26H37NO2S/c1-8-9-10-11-16-27-21-14-12-19(25(2,3)4)17-23(21)30(28,29)24-18-20(26(5,6)7)13-15-22(24)27/h12-15,17-18H,8-11,16H2,1-7H3. The van der Waals surface area contributed by atoms with E-state index in [-0.39, 0.29) is 10.8 Å². The Kier molecular flexibility index (Phi) is 6.12. The summed E-state index contributed by atoms with van der Waals surface area (Å²) in [4.78, 5) is 3.12. The normalized spacial score (nSPS) is 15.6. The third kappa shape index (κ3) is 4.30. The zero-order chi connectivity index (χ0) is 22.3. The molecule has 1 aliphatic heterocycles. The van der Waals surface area contributed by atoms with Crippen LogP contribution in [0.5, 0.6) is 0 Å². The predicted molar refractivity (Wildman–Crippen MR) is 127 cm³/mol. The second kappa shape index (κ2) is 8.03. The number of nitrogens with zero attached hydrogens (tertiary/aromatic N) is 1. The lowest BCUT2D eigenvalue weighted by atomic mass is 9.86. The minimum atomic E-state index is -3.58. The maximum absolute atomic E-state index is 13.7. The first kappa shape index (κ1) is 22.9. The number of sulfone groups is 1. The number of unbranched alkanes of at least 4 members (excludes halogenated alkanes) is 3. The van der Waals surface area contributed by atoms with Crippen molar-refractivity contribution in [2.45, 2.75) is 94.8 Å². The van der Waals surface area contributed by atoms with Gasteiger partial charge in [0.25, 0.3) is 0 Å². The summed E-state index contributed by atoms with van der Waals surface area (Å²) < 4.78 is 27.5. The van der Waals surface area contributed by atoms with Crippen LogP contribution in [-0.4, -0.2) is 15.0 Å². The lowest BCUT2D eigenvalue weighted by Crippen LogP contribution is -2.28. The van der Waals surface area contributed by atoms with Crippen LogP contribution in [0.3, 0.4) is 0 Å². The Labute approximate surface area is 183 Å². The van der Waals surface area contributed by atoms with Gasteiger partial charge >= 0.3 is 0 Å². The van der Waals surface area contributed by atoms with E-state index in [9.17, 15) is 8.42 Å². The molecule has 2 aromatic rings. The molecule has 30 heavy (non-hydrogen) atoms. The van der Waals surface area contributed by atoms with Crippen molar-refractivity contribution in [1.82, 2.24) is 0 Å². The number of fused-ring (bicyclic) bond motifs is 2. The van der Waals surface area contributed by atoms with Crippen molar-refractivity contribution in [3.8, 4) is 0 Å². The lowest BCUT2D eigenvalue weighted by Gasteiger charge is -2.35. The zero-order valence-electron chi connectivity index (χ0n) is 19.7. The Hall–Kier alpha value is -1.81. The summed E-state index contributed by atoms with van der Waals surface area (Å²) in [5, 5.41) is 0. The summed E-state index contributed by atoms with van der Waals surface area (Å²) >= 11 is 0. The van der Waals surface area contributed by atoms with E-state index in [1.165, 1.54) is 12.8 Å². The summed E-state index contributed by atoms with van der Waals surface area (Å²) in [7, 11) is -3.58. The smallest absolute Gasteiger partial charge is 0.210 e. The molecule has 164 valence electrons. The minimum absolute atomic E-state index is 0.107. The molecule has 0 bridgehead atoms. The van der Waals surface area contributed by atoms with Crippen LogP contribution in [0, 0.1) is 0 Å². The molecule has 3 rings (SSSR count). The summed E-state index contributed by atoms with van der Waals surface area (Å²) in [6.45, 7) is 15.8. The van der Waals surface area contributed by atoms with Gasteiger partial charge in [0.15, 0.2) is 0 Å². The Morgan fingerprint density at radius 3 is 1.60 bits per heavy atom. The molecule has 0 saturated heterocycles. The summed E-state index contributed by atoms with van der Waals surface area (Å²) in [5.41, 5.74) is 3.51. The fourth-order valence-corrected chi connectivity index (χ4v) is 5.73. The van der Waals surface area contributed by atoms with Crippen LogP contribution in [0.1, 0.15) is 85.3 Å². The van der Waals surface area contributed by atoms with Crippen LogP contribution in [-0.2, 0) is 20.7 Å². The Bertz CT molecular complexity index is 952. The van der Waals surface area contributed by atoms with Crippen molar-refractivity contribution in [3.05, 3.63) is 47.5 Å². The topological polar surface area (TPSA) is 37.4 Å². The molecule has 0 spiro atoms. The predicted octanol–water partition coefficient (Wildman–Crippen LogP) is 7.15. The fourth-order valence-electron chi connectivity index (χ4n) is 4.02. The van der Waals surface area contributed by atoms with Crippen LogP contribution >= 0.6 is 0 Å². The van der Waals surface area contributed by atoms with Gasteiger partial charge in [-0.15, -0.1) is 0 Å². The number of hydrogen-bond acceptors (Lipinski definition) is 3. The average molecular weight is 428 g/mol. The molecule has 2 aromatic carbocycles. The molecule has 4 heteroatoms. The molecule has 0 atom stereocenters. The maximum Gasteiger partial charge on any atom is 0.210 e. The Morgan fingerprint density at radius 1 is 0.733 bits per heavy atom. The highest BCUT2D eigenvalue weighted by Gasteiger charge is 2.36. The molecule has 1 aliphatic rings. The maximum atomic E-state index is 13.7. The molecule has 0 amide bonds. The second-order valence-electron chi connectivity index (χ2n) is 10.6. The van der Waals surface area contributed by atoms with Gasteiger partial charge in [-0.25, -0.2) is 8.42 Å². The van der Waals surface area contributed by atoms with Gasteiger partial charge in [0.2, 0.25) is 9.84 Å². The SMILES string of the molecule is CCCCCCN1c2ccc(C(C)(C)C)cc2S(=O)(=O)c2cc(C(C)(C)C)ccc21. The van der Waals surface area contributed by atoms with Crippen LogP contribution in [0.15, 0.2) is 46.2 Å². The van der Waals surface area contributed by atoms with Crippen molar-refractivity contribution in [2.24, 2.45) is 0 Å². The zero-order valence-corrected chi connectivity index (χ0v) is 20.5. The first-order valence-corrected chi connectivity index (χ1v) is 12.7. The number of benzene rings is 2. The minimum Gasteiger partial charge on any atom is -0.339 e. The molecule has 0 fully saturated rings. The third-order valence-electron chi connectivity index (χ3n) is 6.05. The van der Waals surface area contributed by atoms with Crippen molar-refractivity contribution >= 4 is 21.2 Å². The Morgan fingerprint density at radius 2 is 1.20 bits per heavy atom. The van der Waals surface area contributed by atoms with Gasteiger partial charge in [0.05, 0.1) is 21.2 Å². The molecule has 0 saturated carbocycles. The van der Waals surface area contributed by atoms with E-state index in [0.29, 0.717) is 9.79 Å². The van der Waals surface area contributed by atoms with E-state index in [4.69, 9.17) is 0 Å². The molecule has 3 nitrogen and oxygen atoms in total. The summed E-state index contributed by atoms with van der Waals surface area (Å²) in [6.07, 6.45) is 4.60. The first-order chi connectivity index (χ1) is 13.9. The van der Waals surface area contributed by atoms with Crippen molar-refractivity contribution in [1.29, 1.82) is 0 Å². The van der Waals surface area contributed by atoms with Crippen LogP contribution < -0.4 is 4.90 Å². The van der Waals surface area contributed by atoms with Gasteiger partial charge in [-0.1, -0.05) is 79.9 Å². The number of anilines is 2. The number of hydrogen-bond donors (Lipinski definition) is 0. The third-order valence-corrected chi connectivity index (χ3v) is 7.86. The number of rotatable bonds is 5. The molecular formula is C26H37NO2S. The van der Waals surface area contributed by atoms with E-state index in [0.717, 1.165) is 41.9 Å².